The van der Waals surface area contributed by atoms with Crippen LogP contribution in [0.3, 0.4) is 0 Å². The fourth-order valence-electron chi connectivity index (χ4n) is 1.89. The molecule has 1 aromatic heterocycles. The predicted octanol–water partition coefficient (Wildman–Crippen LogP) is 2.03. The molecule has 1 aromatic rings. The van der Waals surface area contributed by atoms with Crippen molar-refractivity contribution in [3.05, 3.63) is 10.3 Å². The van der Waals surface area contributed by atoms with E-state index in [1.54, 1.807) is 5.38 Å². The summed E-state index contributed by atoms with van der Waals surface area (Å²) in [5, 5.41) is 13.9. The maximum atomic E-state index is 10.9. The Labute approximate surface area is 90.9 Å². The molecular weight excluding hydrogens is 214 g/mol. The molecule has 0 bridgehead atoms. The number of hydrogen-bond acceptors (Lipinski definition) is 4. The molecular formula is C10H11NO3S. The van der Waals surface area contributed by atoms with E-state index in [2.05, 4.69) is 5.32 Å². The third-order valence-electron chi connectivity index (χ3n) is 2.86. The van der Waals surface area contributed by atoms with Crippen molar-refractivity contribution in [2.24, 2.45) is 5.92 Å². The molecule has 2 heterocycles. The topological polar surface area (TPSA) is 58.6 Å². The molecule has 1 aliphatic carbocycles. The first-order valence-corrected chi connectivity index (χ1v) is 5.89. The third-order valence-corrected chi connectivity index (χ3v) is 3.80. The summed E-state index contributed by atoms with van der Waals surface area (Å²) < 4.78 is 5.77. The van der Waals surface area contributed by atoms with Crippen LogP contribution in [-0.4, -0.2) is 23.7 Å². The van der Waals surface area contributed by atoms with Gasteiger partial charge in [-0.15, -0.1) is 11.3 Å². The van der Waals surface area contributed by atoms with E-state index in [-0.39, 0.29) is 6.10 Å². The molecule has 5 heteroatoms. The van der Waals surface area contributed by atoms with Crippen molar-refractivity contribution in [3.8, 4) is 5.75 Å². The summed E-state index contributed by atoms with van der Waals surface area (Å²) in [6.07, 6.45) is 2.70. The molecule has 0 amide bonds. The molecule has 4 nitrogen and oxygen atoms in total. The molecule has 0 spiro atoms. The van der Waals surface area contributed by atoms with Crippen molar-refractivity contribution < 1.29 is 14.6 Å². The molecule has 1 fully saturated rings. The lowest BCUT2D eigenvalue weighted by atomic mass is 10.2. The first-order valence-electron chi connectivity index (χ1n) is 5.01. The van der Waals surface area contributed by atoms with Gasteiger partial charge < -0.3 is 15.2 Å². The van der Waals surface area contributed by atoms with Crippen LogP contribution in [-0.2, 0) is 0 Å². The highest BCUT2D eigenvalue weighted by Gasteiger charge is 2.36. The molecule has 1 atom stereocenters. The minimum Gasteiger partial charge on any atom is -0.485 e. The summed E-state index contributed by atoms with van der Waals surface area (Å²) in [4.78, 5) is 11.2. The molecule has 3 rings (SSSR count). The molecule has 15 heavy (non-hydrogen) atoms. The van der Waals surface area contributed by atoms with Gasteiger partial charge in [0.25, 0.3) is 0 Å². The fourth-order valence-corrected chi connectivity index (χ4v) is 2.68. The lowest BCUT2D eigenvalue weighted by Gasteiger charge is -2.25. The normalized spacial score (nSPS) is 23.9. The van der Waals surface area contributed by atoms with Crippen LogP contribution in [0, 0.1) is 5.92 Å². The molecule has 1 unspecified atom stereocenters. The van der Waals surface area contributed by atoms with Crippen molar-refractivity contribution >= 4 is 23.0 Å². The second-order valence-corrected chi connectivity index (χ2v) is 4.86. The smallest absolute Gasteiger partial charge is 0.348 e. The van der Waals surface area contributed by atoms with Gasteiger partial charge in [0.2, 0.25) is 0 Å². The number of thiophene rings is 1. The number of aromatic carboxylic acids is 1. The fraction of sp³-hybridized carbons (Fsp3) is 0.500. The van der Waals surface area contributed by atoms with E-state index in [4.69, 9.17) is 9.84 Å². The Balaban J connectivity index is 1.87. The molecule has 0 saturated heterocycles. The van der Waals surface area contributed by atoms with Gasteiger partial charge in [0, 0.05) is 5.38 Å². The SMILES string of the molecule is O=C(O)c1scc2c1NCC(C1CC1)O2. The molecule has 0 aromatic carbocycles. The number of rotatable bonds is 2. The molecule has 0 radical (unpaired) electrons. The average molecular weight is 225 g/mol. The van der Waals surface area contributed by atoms with E-state index < -0.39 is 5.97 Å². The zero-order valence-electron chi connectivity index (χ0n) is 8.03. The van der Waals surface area contributed by atoms with E-state index in [1.165, 1.54) is 24.2 Å². The van der Waals surface area contributed by atoms with E-state index in [0.717, 1.165) is 6.54 Å². The number of hydrogen-bond donors (Lipinski definition) is 2. The van der Waals surface area contributed by atoms with Crippen LogP contribution >= 0.6 is 11.3 Å². The number of nitrogens with one attached hydrogen (secondary N) is 1. The lowest BCUT2D eigenvalue weighted by Crippen LogP contribution is -2.32. The van der Waals surface area contributed by atoms with Gasteiger partial charge in [-0.2, -0.15) is 0 Å². The van der Waals surface area contributed by atoms with Crippen LogP contribution in [0.15, 0.2) is 5.38 Å². The molecule has 2 N–H and O–H groups in total. The standard InChI is InChI=1S/C10H11NO3S/c12-10(13)9-8-7(4-15-9)14-6(3-11-8)5-1-2-5/h4-6,11H,1-3H2,(H,12,13). The van der Waals surface area contributed by atoms with Gasteiger partial charge in [-0.25, -0.2) is 4.79 Å². The molecule has 1 aliphatic heterocycles. The van der Waals surface area contributed by atoms with E-state index in [0.29, 0.717) is 22.2 Å². The first-order chi connectivity index (χ1) is 7.25. The van der Waals surface area contributed by atoms with Crippen molar-refractivity contribution in [1.29, 1.82) is 0 Å². The largest absolute Gasteiger partial charge is 0.485 e. The highest BCUT2D eigenvalue weighted by atomic mass is 32.1. The second kappa shape index (κ2) is 3.13. The number of carbonyl (C=O) groups is 1. The Bertz CT molecular complexity index is 411. The van der Waals surface area contributed by atoms with Gasteiger partial charge in [-0.05, 0) is 18.8 Å². The highest BCUT2D eigenvalue weighted by Crippen LogP contribution is 2.43. The van der Waals surface area contributed by atoms with Crippen LogP contribution in [0.2, 0.25) is 0 Å². The number of carboxylic acid groups (broad SMARTS) is 1. The maximum Gasteiger partial charge on any atom is 0.348 e. The zero-order valence-corrected chi connectivity index (χ0v) is 8.84. The van der Waals surface area contributed by atoms with Gasteiger partial charge in [-0.3, -0.25) is 0 Å². The van der Waals surface area contributed by atoms with Crippen LogP contribution < -0.4 is 10.1 Å². The van der Waals surface area contributed by atoms with Gasteiger partial charge in [0.05, 0.1) is 6.54 Å². The van der Waals surface area contributed by atoms with E-state index in [1.807, 2.05) is 0 Å². The summed E-state index contributed by atoms with van der Waals surface area (Å²) in [6, 6.07) is 0. The number of anilines is 1. The zero-order chi connectivity index (χ0) is 10.4. The van der Waals surface area contributed by atoms with Crippen molar-refractivity contribution in [3.63, 3.8) is 0 Å². The van der Waals surface area contributed by atoms with Crippen LogP contribution in [0.5, 0.6) is 5.75 Å². The van der Waals surface area contributed by atoms with E-state index >= 15 is 0 Å². The van der Waals surface area contributed by atoms with Gasteiger partial charge in [0.15, 0.2) is 5.75 Å². The maximum absolute atomic E-state index is 10.9. The van der Waals surface area contributed by atoms with Crippen LogP contribution in [0.1, 0.15) is 22.5 Å². The summed E-state index contributed by atoms with van der Waals surface area (Å²) in [5.74, 6) is 0.488. The predicted molar refractivity (Wildman–Crippen MR) is 56.9 cm³/mol. The Hall–Kier alpha value is -1.23. The summed E-state index contributed by atoms with van der Waals surface area (Å²) in [7, 11) is 0. The molecule has 80 valence electrons. The monoisotopic (exact) mass is 225 g/mol. The van der Waals surface area contributed by atoms with Gasteiger partial charge in [-0.1, -0.05) is 0 Å². The second-order valence-electron chi connectivity index (χ2n) is 3.98. The third kappa shape index (κ3) is 1.47. The quantitative estimate of drug-likeness (QED) is 0.808. The lowest BCUT2D eigenvalue weighted by molar-refractivity contribution is 0.0702. The number of carboxylic acids is 1. The Morgan fingerprint density at radius 1 is 1.60 bits per heavy atom. The Kier molecular flexibility index (Phi) is 1.88. The van der Waals surface area contributed by atoms with Gasteiger partial charge >= 0.3 is 5.97 Å². The Morgan fingerprint density at radius 3 is 3.07 bits per heavy atom. The first kappa shape index (κ1) is 9.03. The number of fused-ring (bicyclic) bond motifs is 1. The Morgan fingerprint density at radius 2 is 2.40 bits per heavy atom. The molecule has 2 aliphatic rings. The van der Waals surface area contributed by atoms with Crippen LogP contribution in [0.4, 0.5) is 5.69 Å². The average Bonchev–Trinajstić information content (AvgIpc) is 2.97. The van der Waals surface area contributed by atoms with Crippen molar-refractivity contribution in [1.82, 2.24) is 0 Å². The van der Waals surface area contributed by atoms with Crippen molar-refractivity contribution in [2.75, 3.05) is 11.9 Å². The summed E-state index contributed by atoms with van der Waals surface area (Å²) >= 11 is 1.22. The molecule has 1 saturated carbocycles. The van der Waals surface area contributed by atoms with Crippen LogP contribution in [0.25, 0.3) is 0 Å². The summed E-state index contributed by atoms with van der Waals surface area (Å²) in [5.41, 5.74) is 0.657. The summed E-state index contributed by atoms with van der Waals surface area (Å²) in [6.45, 7) is 0.731. The van der Waals surface area contributed by atoms with E-state index in [9.17, 15) is 4.79 Å². The van der Waals surface area contributed by atoms with Crippen molar-refractivity contribution in [2.45, 2.75) is 18.9 Å². The van der Waals surface area contributed by atoms with Gasteiger partial charge in [0.1, 0.15) is 16.7 Å². The number of ether oxygens (including phenoxy) is 1. The highest BCUT2D eigenvalue weighted by molar-refractivity contribution is 7.13. The minimum absolute atomic E-state index is 0.230. The minimum atomic E-state index is -0.887.